The fourth-order valence-corrected chi connectivity index (χ4v) is 2.50. The van der Waals surface area contributed by atoms with E-state index in [0.29, 0.717) is 21.5 Å². The quantitative estimate of drug-likeness (QED) is 0.365. The third-order valence-corrected chi connectivity index (χ3v) is 3.79. The Morgan fingerprint density at radius 2 is 1.79 bits per heavy atom. The van der Waals surface area contributed by atoms with Crippen molar-refractivity contribution < 1.29 is 23.8 Å². The monoisotopic (exact) mass is 438 g/mol. The van der Waals surface area contributed by atoms with Crippen LogP contribution in [0.25, 0.3) is 0 Å². The molecule has 154 valence electrons. The van der Waals surface area contributed by atoms with Gasteiger partial charge in [-0.25, -0.2) is 10.2 Å². The zero-order chi connectivity index (χ0) is 21.2. The molecular weight excluding hydrogens is 419 g/mol. The largest absolute Gasteiger partial charge is 0.482 e. The van der Waals surface area contributed by atoms with Crippen molar-refractivity contribution in [2.45, 2.75) is 20.0 Å². The van der Waals surface area contributed by atoms with Gasteiger partial charge in [0.2, 0.25) is 0 Å². The smallest absolute Gasteiger partial charge is 0.344 e. The molecule has 1 amide bonds. The van der Waals surface area contributed by atoms with Crippen LogP contribution in [0.5, 0.6) is 11.5 Å². The second-order valence-corrected chi connectivity index (χ2v) is 6.90. The van der Waals surface area contributed by atoms with Gasteiger partial charge in [-0.2, -0.15) is 5.10 Å². The van der Waals surface area contributed by atoms with E-state index in [0.717, 1.165) is 5.56 Å². The maximum absolute atomic E-state index is 11.8. The first-order valence-corrected chi connectivity index (χ1v) is 9.41. The van der Waals surface area contributed by atoms with Crippen LogP contribution in [0.3, 0.4) is 0 Å². The van der Waals surface area contributed by atoms with Gasteiger partial charge in [-0.05, 0) is 61.9 Å². The third-order valence-electron chi connectivity index (χ3n) is 3.26. The van der Waals surface area contributed by atoms with E-state index in [-0.39, 0.29) is 19.3 Å². The van der Waals surface area contributed by atoms with E-state index < -0.39 is 11.9 Å². The van der Waals surface area contributed by atoms with E-state index in [1.807, 2.05) is 0 Å². The van der Waals surface area contributed by atoms with Gasteiger partial charge in [-0.3, -0.25) is 4.79 Å². The second kappa shape index (κ2) is 11.3. The van der Waals surface area contributed by atoms with E-state index in [1.165, 1.54) is 12.3 Å². The molecule has 0 spiro atoms. The molecule has 0 saturated heterocycles. The normalized spacial score (nSPS) is 10.8. The first-order chi connectivity index (χ1) is 13.8. The van der Waals surface area contributed by atoms with Crippen LogP contribution in [0.4, 0.5) is 0 Å². The summed E-state index contributed by atoms with van der Waals surface area (Å²) in [6.45, 7) is 3.12. The maximum Gasteiger partial charge on any atom is 0.344 e. The van der Waals surface area contributed by atoms with Gasteiger partial charge in [0, 0.05) is 5.02 Å². The molecule has 0 heterocycles. The molecule has 0 aliphatic rings. The molecule has 2 aromatic carbocycles. The number of carbonyl (C=O) groups excluding carboxylic acids is 2. The van der Waals surface area contributed by atoms with Crippen molar-refractivity contribution in [1.82, 2.24) is 5.43 Å². The fraction of sp³-hybridized carbons (Fsp3) is 0.250. The lowest BCUT2D eigenvalue weighted by Gasteiger charge is -2.09. The lowest BCUT2D eigenvalue weighted by Crippen LogP contribution is -2.24. The van der Waals surface area contributed by atoms with Gasteiger partial charge in [0.25, 0.3) is 5.91 Å². The molecule has 0 unspecified atom stereocenters. The van der Waals surface area contributed by atoms with Gasteiger partial charge in [0.1, 0.15) is 11.5 Å². The molecule has 29 heavy (non-hydrogen) atoms. The second-order valence-electron chi connectivity index (χ2n) is 6.05. The summed E-state index contributed by atoms with van der Waals surface area (Å²) in [6.07, 6.45) is 1.28. The van der Waals surface area contributed by atoms with Crippen LogP contribution >= 0.6 is 23.2 Å². The van der Waals surface area contributed by atoms with Gasteiger partial charge < -0.3 is 14.2 Å². The third kappa shape index (κ3) is 8.41. The summed E-state index contributed by atoms with van der Waals surface area (Å²) >= 11 is 11.8. The minimum atomic E-state index is -0.448. The summed E-state index contributed by atoms with van der Waals surface area (Å²) in [5, 5.41) is 4.64. The molecule has 0 saturated carbocycles. The lowest BCUT2D eigenvalue weighted by atomic mass is 10.2. The molecule has 0 atom stereocenters. The minimum absolute atomic E-state index is 0.167. The topological polar surface area (TPSA) is 86.2 Å². The van der Waals surface area contributed by atoms with Crippen LogP contribution in [0, 0.1) is 0 Å². The van der Waals surface area contributed by atoms with Crippen molar-refractivity contribution in [2.75, 3.05) is 13.2 Å². The minimum Gasteiger partial charge on any atom is -0.482 e. The Balaban J connectivity index is 1.75. The summed E-state index contributed by atoms with van der Waals surface area (Å²) in [5.74, 6) is -0.0189. The molecule has 2 rings (SSSR count). The molecular formula is C20H20Cl2N2O5. The number of carbonyl (C=O) groups is 2. The number of ether oxygens (including phenoxy) is 3. The predicted octanol–water partition coefficient (Wildman–Crippen LogP) is 3.85. The van der Waals surface area contributed by atoms with E-state index >= 15 is 0 Å². The van der Waals surface area contributed by atoms with Crippen molar-refractivity contribution in [3.63, 3.8) is 0 Å². The first-order valence-electron chi connectivity index (χ1n) is 8.65. The Labute approximate surface area is 178 Å². The highest BCUT2D eigenvalue weighted by Crippen LogP contribution is 2.27. The number of benzene rings is 2. The van der Waals surface area contributed by atoms with Gasteiger partial charge in [0.05, 0.1) is 17.3 Å². The number of hydrogen-bond acceptors (Lipinski definition) is 6. The number of rotatable bonds is 9. The summed E-state index contributed by atoms with van der Waals surface area (Å²) in [5.41, 5.74) is 3.08. The highest BCUT2D eigenvalue weighted by Gasteiger charge is 2.07. The highest BCUT2D eigenvalue weighted by atomic mass is 35.5. The standard InChI is InChI=1S/C20H20Cl2N2O5/c1-13(2)29-20(26)12-27-16-6-3-14(4-7-16)10-23-24-19(25)11-28-18-8-5-15(21)9-17(18)22/h3-10,13H,11-12H2,1-2H3,(H,24,25)/b23-10-. The number of amides is 1. The Morgan fingerprint density at radius 1 is 1.07 bits per heavy atom. The molecule has 2 aromatic rings. The molecule has 1 N–H and O–H groups in total. The Hall–Kier alpha value is -2.77. The number of esters is 1. The Morgan fingerprint density at radius 3 is 2.45 bits per heavy atom. The molecule has 9 heteroatoms. The predicted molar refractivity (Wildman–Crippen MR) is 111 cm³/mol. The van der Waals surface area contributed by atoms with Crippen LogP contribution in [-0.2, 0) is 14.3 Å². The van der Waals surface area contributed by atoms with Gasteiger partial charge in [-0.15, -0.1) is 0 Å². The first kappa shape index (κ1) is 22.5. The maximum atomic E-state index is 11.8. The van der Waals surface area contributed by atoms with Crippen LogP contribution < -0.4 is 14.9 Å². The lowest BCUT2D eigenvalue weighted by molar-refractivity contribution is -0.149. The van der Waals surface area contributed by atoms with Gasteiger partial charge >= 0.3 is 5.97 Å². The summed E-state index contributed by atoms with van der Waals surface area (Å²) in [4.78, 5) is 23.2. The molecule has 0 fully saturated rings. The van der Waals surface area contributed by atoms with E-state index in [1.54, 1.807) is 50.2 Å². The molecule has 0 radical (unpaired) electrons. The average molecular weight is 439 g/mol. The number of hydrogen-bond donors (Lipinski definition) is 1. The van der Waals surface area contributed by atoms with Crippen LogP contribution in [0.15, 0.2) is 47.6 Å². The van der Waals surface area contributed by atoms with Crippen molar-refractivity contribution >= 4 is 41.3 Å². The SMILES string of the molecule is CC(C)OC(=O)COc1ccc(/C=N\NC(=O)COc2ccc(Cl)cc2Cl)cc1. The number of hydrazone groups is 1. The zero-order valence-corrected chi connectivity index (χ0v) is 17.4. The van der Waals surface area contributed by atoms with Crippen LogP contribution in [0.2, 0.25) is 10.0 Å². The summed E-state index contributed by atoms with van der Waals surface area (Å²) < 4.78 is 15.6. The van der Waals surface area contributed by atoms with Crippen molar-refractivity contribution in [3.8, 4) is 11.5 Å². The number of nitrogens with one attached hydrogen (secondary N) is 1. The Kier molecular flexibility index (Phi) is 8.76. The van der Waals surface area contributed by atoms with Gasteiger partial charge in [-0.1, -0.05) is 23.2 Å². The van der Waals surface area contributed by atoms with E-state index in [9.17, 15) is 9.59 Å². The molecule has 7 nitrogen and oxygen atoms in total. The van der Waals surface area contributed by atoms with Crippen LogP contribution in [-0.4, -0.2) is 37.4 Å². The van der Waals surface area contributed by atoms with E-state index in [4.69, 9.17) is 37.4 Å². The van der Waals surface area contributed by atoms with Gasteiger partial charge in [0.15, 0.2) is 13.2 Å². The zero-order valence-electron chi connectivity index (χ0n) is 15.9. The van der Waals surface area contributed by atoms with Crippen molar-refractivity contribution in [3.05, 3.63) is 58.1 Å². The molecule has 0 bridgehead atoms. The molecule has 0 aliphatic heterocycles. The number of halogens is 2. The summed E-state index contributed by atoms with van der Waals surface area (Å²) in [7, 11) is 0. The molecule has 0 aliphatic carbocycles. The summed E-state index contributed by atoms with van der Waals surface area (Å²) in [6, 6.07) is 11.5. The highest BCUT2D eigenvalue weighted by molar-refractivity contribution is 6.35. The Bertz CT molecular complexity index is 870. The average Bonchev–Trinajstić information content (AvgIpc) is 2.66. The van der Waals surface area contributed by atoms with E-state index in [2.05, 4.69) is 10.5 Å². The molecule has 0 aromatic heterocycles. The number of nitrogens with zero attached hydrogens (tertiary/aromatic N) is 1. The van der Waals surface area contributed by atoms with Crippen molar-refractivity contribution in [2.24, 2.45) is 5.10 Å². The fourth-order valence-electron chi connectivity index (χ4n) is 2.04. The van der Waals surface area contributed by atoms with Crippen molar-refractivity contribution in [1.29, 1.82) is 0 Å². The van der Waals surface area contributed by atoms with Crippen LogP contribution in [0.1, 0.15) is 19.4 Å².